The molecular weight excluding hydrogens is 288 g/mol. The zero-order valence-corrected chi connectivity index (χ0v) is 10.9. The first-order chi connectivity index (χ1) is 7.74. The number of hydrogen-bond acceptors (Lipinski definition) is 4. The van der Waals surface area contributed by atoms with Gasteiger partial charge in [-0.1, -0.05) is 12.1 Å². The quantitative estimate of drug-likeness (QED) is 0.911. The molecule has 0 atom stereocenters. The molecule has 0 aliphatic heterocycles. The standard InChI is InChI=1S/C11H11BrN2OS/c12-10-7-16-11(14-10)13-6-5-8-1-3-9(15)4-2-8/h1-4,7,15H,5-6H2,(H,13,14). The molecule has 0 fully saturated rings. The SMILES string of the molecule is Oc1ccc(CCNc2nc(Br)cs2)cc1. The van der Waals surface area contributed by atoms with Crippen molar-refractivity contribution in [2.45, 2.75) is 6.42 Å². The van der Waals surface area contributed by atoms with Crippen LogP contribution in [0.15, 0.2) is 34.2 Å². The van der Waals surface area contributed by atoms with Gasteiger partial charge in [0.2, 0.25) is 0 Å². The van der Waals surface area contributed by atoms with Crippen molar-refractivity contribution in [1.29, 1.82) is 0 Å². The van der Waals surface area contributed by atoms with Crippen LogP contribution in [0.3, 0.4) is 0 Å². The van der Waals surface area contributed by atoms with E-state index in [2.05, 4.69) is 26.2 Å². The van der Waals surface area contributed by atoms with E-state index < -0.39 is 0 Å². The molecule has 5 heteroatoms. The highest BCUT2D eigenvalue weighted by atomic mass is 79.9. The molecule has 3 nitrogen and oxygen atoms in total. The molecule has 0 unspecified atom stereocenters. The molecule has 1 aromatic heterocycles. The van der Waals surface area contributed by atoms with E-state index in [-0.39, 0.29) is 0 Å². The number of benzene rings is 1. The summed E-state index contributed by atoms with van der Waals surface area (Å²) in [4.78, 5) is 4.24. The van der Waals surface area contributed by atoms with Crippen LogP contribution in [0.2, 0.25) is 0 Å². The molecule has 0 saturated heterocycles. The van der Waals surface area contributed by atoms with E-state index >= 15 is 0 Å². The molecule has 2 aromatic rings. The first-order valence-corrected chi connectivity index (χ1v) is 6.54. The van der Waals surface area contributed by atoms with Crippen molar-refractivity contribution in [3.05, 3.63) is 39.8 Å². The summed E-state index contributed by atoms with van der Waals surface area (Å²) in [5, 5.41) is 15.2. The maximum absolute atomic E-state index is 9.13. The van der Waals surface area contributed by atoms with Gasteiger partial charge in [-0.15, -0.1) is 11.3 Å². The first-order valence-electron chi connectivity index (χ1n) is 4.87. The Kier molecular flexibility index (Phi) is 3.79. The fraction of sp³-hybridized carbons (Fsp3) is 0.182. The van der Waals surface area contributed by atoms with Crippen molar-refractivity contribution >= 4 is 32.4 Å². The van der Waals surface area contributed by atoms with E-state index in [1.54, 1.807) is 23.5 Å². The van der Waals surface area contributed by atoms with Crippen molar-refractivity contribution < 1.29 is 5.11 Å². The lowest BCUT2D eigenvalue weighted by atomic mass is 10.1. The zero-order chi connectivity index (χ0) is 11.4. The lowest BCUT2D eigenvalue weighted by Crippen LogP contribution is -2.04. The molecule has 2 N–H and O–H groups in total. The van der Waals surface area contributed by atoms with E-state index in [0.717, 1.165) is 22.7 Å². The second kappa shape index (κ2) is 5.32. The predicted octanol–water partition coefficient (Wildman–Crippen LogP) is 3.27. The maximum atomic E-state index is 9.13. The van der Waals surface area contributed by atoms with Gasteiger partial charge in [0.15, 0.2) is 5.13 Å². The lowest BCUT2D eigenvalue weighted by molar-refractivity contribution is 0.475. The Morgan fingerprint density at radius 2 is 2.06 bits per heavy atom. The van der Waals surface area contributed by atoms with Crippen molar-refractivity contribution in [2.24, 2.45) is 0 Å². The average molecular weight is 299 g/mol. The van der Waals surface area contributed by atoms with Crippen LogP contribution >= 0.6 is 27.3 Å². The Morgan fingerprint density at radius 3 is 2.69 bits per heavy atom. The molecule has 2 rings (SSSR count). The van der Waals surface area contributed by atoms with Gasteiger partial charge in [0.25, 0.3) is 0 Å². The zero-order valence-electron chi connectivity index (χ0n) is 8.48. The summed E-state index contributed by atoms with van der Waals surface area (Å²) in [6, 6.07) is 7.26. The molecule has 84 valence electrons. The Balaban J connectivity index is 1.82. The topological polar surface area (TPSA) is 45.1 Å². The van der Waals surface area contributed by atoms with E-state index in [4.69, 9.17) is 5.11 Å². The molecule has 0 saturated carbocycles. The molecule has 0 bridgehead atoms. The summed E-state index contributed by atoms with van der Waals surface area (Å²) in [7, 11) is 0. The minimum Gasteiger partial charge on any atom is -0.508 e. The Labute approximate surface area is 106 Å². The highest BCUT2D eigenvalue weighted by Gasteiger charge is 1.98. The Morgan fingerprint density at radius 1 is 1.31 bits per heavy atom. The third-order valence-corrected chi connectivity index (χ3v) is 3.61. The summed E-state index contributed by atoms with van der Waals surface area (Å²) >= 11 is 4.89. The van der Waals surface area contributed by atoms with Crippen molar-refractivity contribution in [3.8, 4) is 5.75 Å². The number of nitrogens with one attached hydrogen (secondary N) is 1. The van der Waals surface area contributed by atoms with Gasteiger partial charge in [-0.3, -0.25) is 0 Å². The highest BCUT2D eigenvalue weighted by Crippen LogP contribution is 2.19. The molecule has 0 aliphatic carbocycles. The summed E-state index contributed by atoms with van der Waals surface area (Å²) in [5.41, 5.74) is 1.20. The van der Waals surface area contributed by atoms with Crippen LogP contribution in [-0.4, -0.2) is 16.6 Å². The number of halogens is 1. The smallest absolute Gasteiger partial charge is 0.183 e. The summed E-state index contributed by atoms with van der Waals surface area (Å²) in [6.45, 7) is 0.838. The third-order valence-electron chi connectivity index (χ3n) is 2.10. The molecule has 1 aromatic carbocycles. The monoisotopic (exact) mass is 298 g/mol. The number of phenolic OH excluding ortho intramolecular Hbond substituents is 1. The summed E-state index contributed by atoms with van der Waals surface area (Å²) in [5.74, 6) is 0.306. The van der Waals surface area contributed by atoms with Gasteiger partial charge >= 0.3 is 0 Å². The number of aromatic nitrogens is 1. The summed E-state index contributed by atoms with van der Waals surface area (Å²) in [6.07, 6.45) is 0.914. The van der Waals surface area contributed by atoms with E-state index in [1.165, 1.54) is 5.56 Å². The number of nitrogens with zero attached hydrogens (tertiary/aromatic N) is 1. The van der Waals surface area contributed by atoms with Gasteiger partial charge in [0, 0.05) is 11.9 Å². The van der Waals surface area contributed by atoms with Crippen molar-refractivity contribution in [1.82, 2.24) is 4.98 Å². The Bertz CT molecular complexity index is 455. The fourth-order valence-corrected chi connectivity index (χ4v) is 2.48. The van der Waals surface area contributed by atoms with Crippen LogP contribution in [0.1, 0.15) is 5.56 Å². The number of phenols is 1. The van der Waals surface area contributed by atoms with Gasteiger partial charge in [-0.2, -0.15) is 0 Å². The summed E-state index contributed by atoms with van der Waals surface area (Å²) < 4.78 is 0.865. The number of thiazole rings is 1. The van der Waals surface area contributed by atoms with Gasteiger partial charge in [-0.25, -0.2) is 4.98 Å². The van der Waals surface area contributed by atoms with Crippen LogP contribution in [0, 0.1) is 0 Å². The average Bonchev–Trinajstić information content (AvgIpc) is 2.67. The molecule has 0 amide bonds. The van der Waals surface area contributed by atoms with Gasteiger partial charge < -0.3 is 10.4 Å². The number of rotatable bonds is 4. The second-order valence-electron chi connectivity index (χ2n) is 3.32. The van der Waals surface area contributed by atoms with E-state index in [9.17, 15) is 0 Å². The number of anilines is 1. The van der Waals surface area contributed by atoms with Crippen LogP contribution in [0.4, 0.5) is 5.13 Å². The molecule has 0 aliphatic rings. The van der Waals surface area contributed by atoms with Gasteiger partial charge in [-0.05, 0) is 40.0 Å². The first kappa shape index (κ1) is 11.4. The number of aromatic hydroxyl groups is 1. The van der Waals surface area contributed by atoms with Crippen LogP contribution in [0.25, 0.3) is 0 Å². The third kappa shape index (κ3) is 3.21. The molecule has 0 radical (unpaired) electrons. The van der Waals surface area contributed by atoms with E-state index in [0.29, 0.717) is 5.75 Å². The fourth-order valence-electron chi connectivity index (χ4n) is 1.31. The highest BCUT2D eigenvalue weighted by molar-refractivity contribution is 9.10. The molecule has 1 heterocycles. The van der Waals surface area contributed by atoms with Gasteiger partial charge in [0.1, 0.15) is 10.4 Å². The predicted molar refractivity (Wildman–Crippen MR) is 70.1 cm³/mol. The largest absolute Gasteiger partial charge is 0.508 e. The van der Waals surface area contributed by atoms with Crippen LogP contribution in [-0.2, 0) is 6.42 Å². The molecule has 16 heavy (non-hydrogen) atoms. The van der Waals surface area contributed by atoms with Gasteiger partial charge in [0.05, 0.1) is 0 Å². The molecular formula is C11H11BrN2OS. The number of hydrogen-bond donors (Lipinski definition) is 2. The lowest BCUT2D eigenvalue weighted by Gasteiger charge is -2.02. The molecule has 0 spiro atoms. The maximum Gasteiger partial charge on any atom is 0.183 e. The van der Waals surface area contributed by atoms with Crippen molar-refractivity contribution in [2.75, 3.05) is 11.9 Å². The minimum absolute atomic E-state index is 0.306. The minimum atomic E-state index is 0.306. The van der Waals surface area contributed by atoms with E-state index in [1.807, 2.05) is 17.5 Å². The normalized spacial score (nSPS) is 10.3. The second-order valence-corrected chi connectivity index (χ2v) is 4.99. The Hall–Kier alpha value is -1.07. The van der Waals surface area contributed by atoms with Crippen molar-refractivity contribution in [3.63, 3.8) is 0 Å². The van der Waals surface area contributed by atoms with Crippen LogP contribution in [0.5, 0.6) is 5.75 Å². The van der Waals surface area contributed by atoms with Crippen LogP contribution < -0.4 is 5.32 Å².